The van der Waals surface area contributed by atoms with E-state index < -0.39 is 55.9 Å². The number of rotatable bonds is 6. The number of carbonyl (C=O) groups excluding carboxylic acids is 1. The van der Waals surface area contributed by atoms with E-state index in [1.807, 2.05) is 5.32 Å². The van der Waals surface area contributed by atoms with Crippen molar-refractivity contribution in [3.8, 4) is 11.4 Å². The van der Waals surface area contributed by atoms with Crippen molar-refractivity contribution in [1.29, 1.82) is 0 Å². The monoisotopic (exact) mass is 405 g/mol. The first kappa shape index (κ1) is 20.1. The second-order valence-corrected chi connectivity index (χ2v) is 6.40. The van der Waals surface area contributed by atoms with Crippen LogP contribution in [0.15, 0.2) is 29.0 Å². The van der Waals surface area contributed by atoms with Gasteiger partial charge in [-0.05, 0) is 18.6 Å². The lowest BCUT2D eigenvalue weighted by molar-refractivity contribution is -0.193. The zero-order valence-corrected chi connectivity index (χ0v) is 14.4. The van der Waals surface area contributed by atoms with Crippen molar-refractivity contribution in [1.82, 2.24) is 25.3 Å². The van der Waals surface area contributed by atoms with E-state index in [0.717, 1.165) is 0 Å². The lowest BCUT2D eigenvalue weighted by Crippen LogP contribution is -2.46. The minimum atomic E-state index is -4.71. The fourth-order valence-corrected chi connectivity index (χ4v) is 3.03. The smallest absolute Gasteiger partial charge is 0.349 e. The molecule has 1 saturated heterocycles. The second kappa shape index (κ2) is 7.78. The van der Waals surface area contributed by atoms with Gasteiger partial charge in [0.05, 0.1) is 13.1 Å². The summed E-state index contributed by atoms with van der Waals surface area (Å²) in [4.78, 5) is 20.7. The molecule has 1 amide bonds. The topological polar surface area (TPSA) is 84.2 Å². The average Bonchev–Trinajstić information content (AvgIpc) is 3.28. The molecule has 28 heavy (non-hydrogen) atoms. The van der Waals surface area contributed by atoms with Crippen LogP contribution in [0.4, 0.5) is 22.0 Å². The van der Waals surface area contributed by atoms with Crippen molar-refractivity contribution in [3.63, 3.8) is 0 Å². The fourth-order valence-electron chi connectivity index (χ4n) is 3.03. The van der Waals surface area contributed by atoms with Crippen molar-refractivity contribution in [3.05, 3.63) is 30.4 Å². The number of likely N-dealkylation sites (tertiary alicyclic amines) is 1. The lowest BCUT2D eigenvalue weighted by Gasteiger charge is -2.28. The molecule has 0 aromatic carbocycles. The fraction of sp³-hybridized carbons (Fsp3) is 0.500. The highest BCUT2D eigenvalue weighted by Gasteiger charge is 2.62. The Bertz CT molecular complexity index is 813. The normalized spacial score (nSPS) is 20.6. The minimum absolute atomic E-state index is 0.0279. The summed E-state index contributed by atoms with van der Waals surface area (Å²) in [6.07, 6.45) is -4.95. The lowest BCUT2D eigenvalue weighted by atomic mass is 9.86. The summed E-state index contributed by atoms with van der Waals surface area (Å²) < 4.78 is 70.9. The Kier molecular flexibility index (Phi) is 5.59. The maximum atomic E-state index is 13.9. The van der Waals surface area contributed by atoms with Crippen LogP contribution in [0.5, 0.6) is 0 Å². The Balaban J connectivity index is 1.78. The van der Waals surface area contributed by atoms with Crippen molar-refractivity contribution in [2.75, 3.05) is 26.2 Å². The van der Waals surface area contributed by atoms with Crippen LogP contribution in [0.3, 0.4) is 0 Å². The van der Waals surface area contributed by atoms with Gasteiger partial charge < -0.3 is 9.84 Å². The molecule has 3 heterocycles. The molecule has 2 aromatic heterocycles. The molecule has 0 radical (unpaired) electrons. The summed E-state index contributed by atoms with van der Waals surface area (Å²) in [6, 6.07) is 3.16. The van der Waals surface area contributed by atoms with Gasteiger partial charge in [0.25, 0.3) is 6.43 Å². The summed E-state index contributed by atoms with van der Waals surface area (Å²) >= 11 is 0. The molecule has 152 valence electrons. The summed E-state index contributed by atoms with van der Waals surface area (Å²) in [5.41, 5.74) is -2.04. The first-order chi connectivity index (χ1) is 13.2. The van der Waals surface area contributed by atoms with Crippen molar-refractivity contribution in [2.45, 2.75) is 24.4 Å². The molecule has 12 heteroatoms. The van der Waals surface area contributed by atoms with Crippen molar-refractivity contribution < 1.29 is 31.3 Å². The number of halogens is 5. The molecule has 3 rings (SSSR count). The van der Waals surface area contributed by atoms with Gasteiger partial charge in [-0.1, -0.05) is 5.16 Å². The molecule has 1 atom stereocenters. The van der Waals surface area contributed by atoms with Gasteiger partial charge in [-0.25, -0.2) is 8.78 Å². The third kappa shape index (κ3) is 4.11. The minimum Gasteiger partial charge on any atom is -0.349 e. The van der Waals surface area contributed by atoms with Gasteiger partial charge in [0.1, 0.15) is 0 Å². The largest absolute Gasteiger partial charge is 0.404 e. The van der Waals surface area contributed by atoms with E-state index in [1.165, 1.54) is 17.3 Å². The number of hydrogen-bond donors (Lipinski definition) is 1. The van der Waals surface area contributed by atoms with E-state index in [2.05, 4.69) is 15.1 Å². The second-order valence-electron chi connectivity index (χ2n) is 6.40. The highest BCUT2D eigenvalue weighted by atomic mass is 19.4. The number of hydrogen-bond acceptors (Lipinski definition) is 6. The molecule has 0 aliphatic carbocycles. The van der Waals surface area contributed by atoms with Crippen LogP contribution >= 0.6 is 0 Å². The molecule has 0 bridgehead atoms. The van der Waals surface area contributed by atoms with Crippen LogP contribution in [-0.2, 0) is 10.2 Å². The zero-order chi connectivity index (χ0) is 20.4. The van der Waals surface area contributed by atoms with Crippen molar-refractivity contribution >= 4 is 5.91 Å². The molecule has 0 spiro atoms. The average molecular weight is 405 g/mol. The van der Waals surface area contributed by atoms with Gasteiger partial charge in [0, 0.05) is 31.0 Å². The van der Waals surface area contributed by atoms with Gasteiger partial charge >= 0.3 is 6.18 Å². The molecule has 1 N–H and O–H groups in total. The van der Waals surface area contributed by atoms with Crippen LogP contribution in [0.25, 0.3) is 11.4 Å². The zero-order valence-electron chi connectivity index (χ0n) is 14.4. The Morgan fingerprint density at radius 3 is 2.82 bits per heavy atom. The molecular formula is C16H16F5N5O2. The molecule has 1 fully saturated rings. The van der Waals surface area contributed by atoms with Gasteiger partial charge in [-0.3, -0.25) is 14.7 Å². The molecule has 2 aromatic rings. The van der Waals surface area contributed by atoms with E-state index in [-0.39, 0.29) is 12.4 Å². The summed E-state index contributed by atoms with van der Waals surface area (Å²) in [6.45, 7) is -1.96. The van der Waals surface area contributed by atoms with Gasteiger partial charge in [0.15, 0.2) is 5.41 Å². The summed E-state index contributed by atoms with van der Waals surface area (Å²) in [7, 11) is 0. The van der Waals surface area contributed by atoms with E-state index in [0.29, 0.717) is 5.56 Å². The summed E-state index contributed by atoms with van der Waals surface area (Å²) in [5, 5.41) is 5.59. The first-order valence-electron chi connectivity index (χ1n) is 8.30. The highest BCUT2D eigenvalue weighted by molar-refractivity contribution is 5.78. The molecule has 1 aliphatic heterocycles. The summed E-state index contributed by atoms with van der Waals surface area (Å²) in [5.74, 6) is -1.41. The Morgan fingerprint density at radius 2 is 2.18 bits per heavy atom. The number of nitrogens with one attached hydrogen (secondary N) is 1. The van der Waals surface area contributed by atoms with E-state index in [9.17, 15) is 26.7 Å². The number of aromatic nitrogens is 3. The Morgan fingerprint density at radius 1 is 1.39 bits per heavy atom. The van der Waals surface area contributed by atoms with Gasteiger partial charge in [-0.15, -0.1) is 0 Å². The van der Waals surface area contributed by atoms with Crippen LogP contribution in [0.1, 0.15) is 12.3 Å². The van der Waals surface area contributed by atoms with E-state index >= 15 is 0 Å². The van der Waals surface area contributed by atoms with Crippen LogP contribution < -0.4 is 5.32 Å². The molecular weight excluding hydrogens is 389 g/mol. The number of carbonyl (C=O) groups is 1. The Hall–Kier alpha value is -2.63. The predicted octanol–water partition coefficient (Wildman–Crippen LogP) is 2.02. The third-order valence-electron chi connectivity index (χ3n) is 4.47. The van der Waals surface area contributed by atoms with Crippen molar-refractivity contribution in [2.24, 2.45) is 0 Å². The van der Waals surface area contributed by atoms with Crippen LogP contribution in [-0.4, -0.2) is 64.7 Å². The number of amides is 1. The van der Waals surface area contributed by atoms with E-state index in [1.54, 1.807) is 12.1 Å². The number of pyridine rings is 1. The standard InChI is InChI=1S/C16H16F5N5O2/c17-11(18)7-23-12(27)8-26-5-3-15(9-26,16(19,20)21)14-24-13(25-28-14)10-2-1-4-22-6-10/h1-2,4,6,11H,3,5,7-9H2,(H,23,27). The third-order valence-corrected chi connectivity index (χ3v) is 4.47. The maximum Gasteiger partial charge on any atom is 0.404 e. The molecule has 1 aliphatic rings. The molecule has 0 saturated carbocycles. The highest BCUT2D eigenvalue weighted by Crippen LogP contribution is 2.47. The SMILES string of the molecule is O=C(CN1CCC(c2nc(-c3cccnc3)no2)(C(F)(F)F)C1)NCC(F)F. The number of nitrogens with zero attached hydrogens (tertiary/aromatic N) is 4. The number of alkyl halides is 5. The first-order valence-corrected chi connectivity index (χ1v) is 8.30. The maximum absolute atomic E-state index is 13.9. The quantitative estimate of drug-likeness (QED) is 0.741. The Labute approximate surface area is 155 Å². The predicted molar refractivity (Wildman–Crippen MR) is 85.3 cm³/mol. The van der Waals surface area contributed by atoms with Gasteiger partial charge in [0.2, 0.25) is 17.6 Å². The van der Waals surface area contributed by atoms with Gasteiger partial charge in [-0.2, -0.15) is 18.2 Å². The van der Waals surface area contributed by atoms with E-state index in [4.69, 9.17) is 4.52 Å². The van der Waals surface area contributed by atoms with Crippen LogP contribution in [0.2, 0.25) is 0 Å². The molecule has 7 nitrogen and oxygen atoms in total. The molecule has 1 unspecified atom stereocenters. The van der Waals surface area contributed by atoms with Crippen LogP contribution in [0, 0.1) is 0 Å².